The summed E-state index contributed by atoms with van der Waals surface area (Å²) < 4.78 is 14.6. The summed E-state index contributed by atoms with van der Waals surface area (Å²) in [5, 5.41) is 4.62. The van der Waals surface area contributed by atoms with Crippen LogP contribution in [0, 0.1) is 0 Å². The van der Waals surface area contributed by atoms with Crippen LogP contribution in [-0.4, -0.2) is 49.7 Å². The Balaban J connectivity index is 2.54. The van der Waals surface area contributed by atoms with Crippen LogP contribution < -0.4 is 10.6 Å². The van der Waals surface area contributed by atoms with E-state index in [-0.39, 0.29) is 26.4 Å². The maximum Gasteiger partial charge on any atom is 0.408 e. The van der Waals surface area contributed by atoms with Crippen LogP contribution in [0.4, 0.5) is 4.79 Å². The molecule has 0 heterocycles. The molecule has 0 aliphatic heterocycles. The zero-order valence-corrected chi connectivity index (χ0v) is 15.4. The van der Waals surface area contributed by atoms with Gasteiger partial charge < -0.3 is 24.8 Å². The molecule has 0 aliphatic rings. The van der Waals surface area contributed by atoms with Crippen LogP contribution in [0.5, 0.6) is 0 Å². The highest BCUT2D eigenvalue weighted by Crippen LogP contribution is 2.02. The van der Waals surface area contributed by atoms with E-state index < -0.39 is 36.4 Å². The summed E-state index contributed by atoms with van der Waals surface area (Å²) in [4.78, 5) is 47.0. The molecule has 1 rings (SSSR count). The van der Waals surface area contributed by atoms with Crippen molar-refractivity contribution in [3.05, 3.63) is 35.9 Å². The van der Waals surface area contributed by atoms with Crippen LogP contribution in [0.1, 0.15) is 25.8 Å². The monoisotopic (exact) mass is 380 g/mol. The highest BCUT2D eigenvalue weighted by atomic mass is 16.6. The van der Waals surface area contributed by atoms with Crippen molar-refractivity contribution < 1.29 is 33.4 Å². The maximum atomic E-state index is 12.0. The van der Waals surface area contributed by atoms with Crippen LogP contribution in [0.25, 0.3) is 0 Å². The van der Waals surface area contributed by atoms with Gasteiger partial charge in [-0.2, -0.15) is 0 Å². The number of alkyl carbamates (subject to hydrolysis) is 1. The first kappa shape index (κ1) is 21.9. The number of amides is 2. The topological polar surface area (TPSA) is 120 Å². The molecule has 0 radical (unpaired) electrons. The number of hydrogen-bond donors (Lipinski definition) is 2. The Labute approximate surface area is 157 Å². The van der Waals surface area contributed by atoms with E-state index in [9.17, 15) is 19.2 Å². The summed E-state index contributed by atoms with van der Waals surface area (Å²) in [5.41, 5.74) is 0.771. The third-order valence-electron chi connectivity index (χ3n) is 3.20. The zero-order chi connectivity index (χ0) is 20.1. The maximum absolute atomic E-state index is 12.0. The van der Waals surface area contributed by atoms with Gasteiger partial charge in [-0.1, -0.05) is 30.3 Å². The fourth-order valence-electron chi connectivity index (χ4n) is 1.98. The molecule has 2 N–H and O–H groups in total. The van der Waals surface area contributed by atoms with Gasteiger partial charge in [0.25, 0.3) is 0 Å². The second-order valence-corrected chi connectivity index (χ2v) is 5.30. The minimum atomic E-state index is -1.24. The van der Waals surface area contributed by atoms with Crippen molar-refractivity contribution in [1.82, 2.24) is 10.6 Å². The number of carbonyl (C=O) groups excluding carboxylic acids is 4. The Bertz CT molecular complexity index is 634. The van der Waals surface area contributed by atoms with Crippen molar-refractivity contribution in [2.45, 2.75) is 32.9 Å². The molecule has 1 aromatic carbocycles. The molecule has 2 amide bonds. The Kier molecular flexibility index (Phi) is 9.98. The summed E-state index contributed by atoms with van der Waals surface area (Å²) in [6.07, 6.45) is -1.27. The molecular weight excluding hydrogens is 356 g/mol. The van der Waals surface area contributed by atoms with E-state index in [4.69, 9.17) is 9.47 Å². The van der Waals surface area contributed by atoms with Crippen LogP contribution in [0.3, 0.4) is 0 Å². The highest BCUT2D eigenvalue weighted by molar-refractivity contribution is 5.89. The summed E-state index contributed by atoms with van der Waals surface area (Å²) >= 11 is 0. The molecule has 0 saturated carbocycles. The van der Waals surface area contributed by atoms with Crippen molar-refractivity contribution in [1.29, 1.82) is 0 Å². The molecule has 1 aromatic rings. The third-order valence-corrected chi connectivity index (χ3v) is 3.20. The minimum Gasteiger partial charge on any atom is -0.465 e. The van der Waals surface area contributed by atoms with Crippen molar-refractivity contribution >= 4 is 23.9 Å². The van der Waals surface area contributed by atoms with Crippen LogP contribution in [-0.2, 0) is 35.2 Å². The van der Waals surface area contributed by atoms with E-state index in [2.05, 4.69) is 15.4 Å². The molecule has 0 bridgehead atoms. The summed E-state index contributed by atoms with van der Waals surface area (Å²) in [6.45, 7) is 3.19. The molecule has 148 valence electrons. The number of hydrogen-bond acceptors (Lipinski definition) is 7. The van der Waals surface area contributed by atoms with Crippen molar-refractivity contribution in [2.24, 2.45) is 0 Å². The van der Waals surface area contributed by atoms with Gasteiger partial charge in [0, 0.05) is 0 Å². The molecule has 0 spiro atoms. The normalized spacial score (nSPS) is 11.0. The molecule has 1 atom stereocenters. The summed E-state index contributed by atoms with van der Waals surface area (Å²) in [6, 6.07) is 7.74. The fourth-order valence-corrected chi connectivity index (χ4v) is 1.98. The van der Waals surface area contributed by atoms with Gasteiger partial charge in [-0.3, -0.25) is 9.59 Å². The molecular formula is C18H24N2O7. The standard InChI is InChI=1S/C18H24N2O7/c1-3-25-16(22)11-19-15(21)10-14(17(23)26-4-2)20-18(24)27-12-13-8-6-5-7-9-13/h5-9,14H,3-4,10-12H2,1-2H3,(H,19,21)(H,20,24). The lowest BCUT2D eigenvalue weighted by molar-refractivity contribution is -0.147. The van der Waals surface area contributed by atoms with Gasteiger partial charge in [0.1, 0.15) is 19.2 Å². The second kappa shape index (κ2) is 12.3. The lowest BCUT2D eigenvalue weighted by Gasteiger charge is -2.17. The number of carbonyl (C=O) groups is 4. The number of nitrogens with one attached hydrogen (secondary N) is 2. The molecule has 0 aromatic heterocycles. The first-order valence-electron chi connectivity index (χ1n) is 8.52. The van der Waals surface area contributed by atoms with Crippen molar-refractivity contribution in [3.63, 3.8) is 0 Å². The van der Waals surface area contributed by atoms with E-state index in [0.717, 1.165) is 5.56 Å². The number of rotatable bonds is 10. The van der Waals surface area contributed by atoms with Gasteiger partial charge in [-0.25, -0.2) is 9.59 Å². The molecule has 27 heavy (non-hydrogen) atoms. The van der Waals surface area contributed by atoms with E-state index in [1.807, 2.05) is 6.07 Å². The summed E-state index contributed by atoms with van der Waals surface area (Å²) in [5.74, 6) is -2.00. The van der Waals surface area contributed by atoms with Crippen molar-refractivity contribution in [3.8, 4) is 0 Å². The minimum absolute atomic E-state index is 0.0112. The Hall–Kier alpha value is -3.10. The lowest BCUT2D eigenvalue weighted by Crippen LogP contribution is -2.45. The smallest absolute Gasteiger partial charge is 0.408 e. The van der Waals surface area contributed by atoms with Crippen molar-refractivity contribution in [2.75, 3.05) is 19.8 Å². The number of ether oxygens (including phenoxy) is 3. The van der Waals surface area contributed by atoms with Gasteiger partial charge in [-0.05, 0) is 19.4 Å². The van der Waals surface area contributed by atoms with Gasteiger partial charge in [-0.15, -0.1) is 0 Å². The largest absolute Gasteiger partial charge is 0.465 e. The summed E-state index contributed by atoms with van der Waals surface area (Å²) in [7, 11) is 0. The Morgan fingerprint density at radius 1 is 0.963 bits per heavy atom. The second-order valence-electron chi connectivity index (χ2n) is 5.30. The van der Waals surface area contributed by atoms with Gasteiger partial charge in [0.2, 0.25) is 5.91 Å². The van der Waals surface area contributed by atoms with E-state index in [1.54, 1.807) is 38.1 Å². The average molecular weight is 380 g/mol. The van der Waals surface area contributed by atoms with Gasteiger partial charge in [0.15, 0.2) is 0 Å². The van der Waals surface area contributed by atoms with Gasteiger partial charge >= 0.3 is 18.0 Å². The highest BCUT2D eigenvalue weighted by Gasteiger charge is 2.26. The number of benzene rings is 1. The van der Waals surface area contributed by atoms with Crippen LogP contribution in [0.2, 0.25) is 0 Å². The third kappa shape index (κ3) is 9.24. The predicted molar refractivity (Wildman–Crippen MR) is 94.4 cm³/mol. The Morgan fingerprint density at radius 2 is 1.63 bits per heavy atom. The van der Waals surface area contributed by atoms with E-state index >= 15 is 0 Å². The predicted octanol–water partition coefficient (Wildman–Crippen LogP) is 0.914. The van der Waals surface area contributed by atoms with E-state index in [0.29, 0.717) is 0 Å². The molecule has 9 heteroatoms. The molecule has 9 nitrogen and oxygen atoms in total. The van der Waals surface area contributed by atoms with Gasteiger partial charge in [0.05, 0.1) is 19.6 Å². The fraction of sp³-hybridized carbons (Fsp3) is 0.444. The van der Waals surface area contributed by atoms with E-state index in [1.165, 1.54) is 0 Å². The quantitative estimate of drug-likeness (QED) is 0.457. The van der Waals surface area contributed by atoms with Crippen LogP contribution >= 0.6 is 0 Å². The SMILES string of the molecule is CCOC(=O)CNC(=O)CC(NC(=O)OCc1ccccc1)C(=O)OCC. The average Bonchev–Trinajstić information content (AvgIpc) is 2.65. The Morgan fingerprint density at radius 3 is 2.26 bits per heavy atom. The number of esters is 2. The zero-order valence-electron chi connectivity index (χ0n) is 15.4. The molecule has 0 fully saturated rings. The lowest BCUT2D eigenvalue weighted by atomic mass is 10.2. The molecule has 0 aliphatic carbocycles. The first-order chi connectivity index (χ1) is 13.0. The van der Waals surface area contributed by atoms with Crippen LogP contribution in [0.15, 0.2) is 30.3 Å². The molecule has 0 saturated heterocycles. The first-order valence-corrected chi connectivity index (χ1v) is 8.52. The molecule has 1 unspecified atom stereocenters.